The average molecular weight is 410 g/mol. The smallest absolute Gasteiger partial charge is 0.279 e. The van der Waals surface area contributed by atoms with Crippen LogP contribution in [0.4, 0.5) is 4.39 Å². The van der Waals surface area contributed by atoms with Crippen molar-refractivity contribution in [2.24, 2.45) is 5.10 Å². The Hall–Kier alpha value is -3.19. The van der Waals surface area contributed by atoms with Crippen LogP contribution in [0.2, 0.25) is 0 Å². The van der Waals surface area contributed by atoms with Gasteiger partial charge in [0.15, 0.2) is 0 Å². The molecule has 0 saturated heterocycles. The van der Waals surface area contributed by atoms with Gasteiger partial charge in [0.05, 0.1) is 23.8 Å². The molecule has 0 bridgehead atoms. The standard InChI is InChI=1S/C22H19FN2O3S/c1-28-19-10-6-7-16(14-19)21-15-22(17-8-5-9-18(23)13-17)25(24-21)29(26,27)20-11-3-2-4-12-20/h2-14,22H,15H2,1H3. The highest BCUT2D eigenvalue weighted by Gasteiger charge is 2.37. The molecular formula is C22H19FN2O3S. The number of sulfonamides is 1. The van der Waals surface area contributed by atoms with Gasteiger partial charge in [-0.25, -0.2) is 4.39 Å². The molecule has 7 heteroatoms. The first kappa shape index (κ1) is 19.1. The van der Waals surface area contributed by atoms with E-state index in [0.29, 0.717) is 23.4 Å². The van der Waals surface area contributed by atoms with Gasteiger partial charge < -0.3 is 4.74 Å². The van der Waals surface area contributed by atoms with E-state index < -0.39 is 21.9 Å². The minimum atomic E-state index is -3.91. The molecule has 0 spiro atoms. The second kappa shape index (κ2) is 7.67. The average Bonchev–Trinajstić information content (AvgIpc) is 3.21. The third-order valence-corrected chi connectivity index (χ3v) is 6.49. The molecule has 0 radical (unpaired) electrons. The Balaban J connectivity index is 1.81. The molecule has 1 aliphatic heterocycles. The molecule has 0 aromatic heterocycles. The van der Waals surface area contributed by atoms with Gasteiger partial charge in [0.25, 0.3) is 10.0 Å². The maximum absolute atomic E-state index is 13.9. The van der Waals surface area contributed by atoms with Crippen LogP contribution in [0.3, 0.4) is 0 Å². The molecule has 4 rings (SSSR count). The fourth-order valence-electron chi connectivity index (χ4n) is 3.35. The summed E-state index contributed by atoms with van der Waals surface area (Å²) in [6.45, 7) is 0. The Labute approximate surface area is 169 Å². The van der Waals surface area contributed by atoms with Crippen LogP contribution in [0.1, 0.15) is 23.6 Å². The first-order valence-electron chi connectivity index (χ1n) is 9.06. The molecule has 1 unspecified atom stereocenters. The van der Waals surface area contributed by atoms with Gasteiger partial charge in [0, 0.05) is 12.0 Å². The lowest BCUT2D eigenvalue weighted by Gasteiger charge is -2.23. The van der Waals surface area contributed by atoms with Gasteiger partial charge in [-0.3, -0.25) is 0 Å². The van der Waals surface area contributed by atoms with E-state index >= 15 is 0 Å². The van der Waals surface area contributed by atoms with E-state index in [4.69, 9.17) is 4.74 Å². The zero-order valence-electron chi connectivity index (χ0n) is 15.7. The van der Waals surface area contributed by atoms with Crippen molar-refractivity contribution in [3.05, 3.63) is 95.8 Å². The SMILES string of the molecule is COc1cccc(C2=NN(S(=O)(=O)c3ccccc3)C(c3cccc(F)c3)C2)c1. The van der Waals surface area contributed by atoms with Crippen molar-refractivity contribution >= 4 is 15.7 Å². The Kier molecular flexibility index (Phi) is 5.07. The monoisotopic (exact) mass is 410 g/mol. The normalized spacial score (nSPS) is 16.6. The van der Waals surface area contributed by atoms with Crippen LogP contribution >= 0.6 is 0 Å². The van der Waals surface area contributed by atoms with E-state index in [-0.39, 0.29) is 4.90 Å². The Morgan fingerprint density at radius 2 is 1.76 bits per heavy atom. The summed E-state index contributed by atoms with van der Waals surface area (Å²) >= 11 is 0. The number of hydrogen-bond acceptors (Lipinski definition) is 4. The maximum Gasteiger partial charge on any atom is 0.279 e. The number of ether oxygens (including phenoxy) is 1. The zero-order valence-corrected chi connectivity index (χ0v) is 16.5. The van der Waals surface area contributed by atoms with Crippen molar-refractivity contribution in [3.63, 3.8) is 0 Å². The van der Waals surface area contributed by atoms with E-state index in [9.17, 15) is 12.8 Å². The van der Waals surface area contributed by atoms with Gasteiger partial charge in [-0.1, -0.05) is 42.5 Å². The first-order valence-corrected chi connectivity index (χ1v) is 10.5. The van der Waals surface area contributed by atoms with Gasteiger partial charge in [-0.15, -0.1) is 0 Å². The largest absolute Gasteiger partial charge is 0.497 e. The molecule has 0 amide bonds. The van der Waals surface area contributed by atoms with Crippen molar-refractivity contribution in [3.8, 4) is 5.75 Å². The van der Waals surface area contributed by atoms with E-state index in [2.05, 4.69) is 5.10 Å². The molecule has 1 heterocycles. The molecule has 0 N–H and O–H groups in total. The third-order valence-electron chi connectivity index (χ3n) is 4.80. The summed E-state index contributed by atoms with van der Waals surface area (Å²) in [4.78, 5) is 0.136. The maximum atomic E-state index is 13.9. The van der Waals surface area contributed by atoms with Crippen molar-refractivity contribution in [2.75, 3.05) is 7.11 Å². The lowest BCUT2D eigenvalue weighted by Crippen LogP contribution is -2.27. The second-order valence-corrected chi connectivity index (χ2v) is 8.44. The van der Waals surface area contributed by atoms with Crippen molar-refractivity contribution in [1.82, 2.24) is 4.41 Å². The summed E-state index contributed by atoms with van der Waals surface area (Å²) in [6.07, 6.45) is 0.322. The third kappa shape index (κ3) is 3.73. The number of methoxy groups -OCH3 is 1. The molecule has 0 fully saturated rings. The minimum Gasteiger partial charge on any atom is -0.497 e. The van der Waals surface area contributed by atoms with E-state index in [1.54, 1.807) is 43.5 Å². The Bertz CT molecular complexity index is 1160. The zero-order chi connectivity index (χ0) is 20.4. The van der Waals surface area contributed by atoms with E-state index in [0.717, 1.165) is 9.98 Å². The van der Waals surface area contributed by atoms with Gasteiger partial charge in [-0.05, 0) is 42.0 Å². The molecular weight excluding hydrogens is 391 g/mol. The Morgan fingerprint density at radius 3 is 2.48 bits per heavy atom. The van der Waals surface area contributed by atoms with Crippen LogP contribution in [0.15, 0.2) is 88.9 Å². The number of nitrogens with zero attached hydrogens (tertiary/aromatic N) is 2. The van der Waals surface area contributed by atoms with Crippen LogP contribution < -0.4 is 4.74 Å². The molecule has 1 atom stereocenters. The molecule has 3 aromatic carbocycles. The van der Waals surface area contributed by atoms with Crippen LogP contribution in [0.5, 0.6) is 5.75 Å². The van der Waals surface area contributed by atoms with Gasteiger partial charge in [-0.2, -0.15) is 17.9 Å². The van der Waals surface area contributed by atoms with Crippen LogP contribution in [-0.4, -0.2) is 25.7 Å². The topological polar surface area (TPSA) is 59.0 Å². The quantitative estimate of drug-likeness (QED) is 0.627. The van der Waals surface area contributed by atoms with E-state index in [1.807, 2.05) is 18.2 Å². The molecule has 0 aliphatic carbocycles. The van der Waals surface area contributed by atoms with Crippen LogP contribution in [0, 0.1) is 5.82 Å². The molecule has 148 valence electrons. The summed E-state index contributed by atoms with van der Waals surface area (Å²) in [7, 11) is -2.35. The number of hydrazone groups is 1. The lowest BCUT2D eigenvalue weighted by atomic mass is 9.99. The van der Waals surface area contributed by atoms with Crippen LogP contribution in [-0.2, 0) is 10.0 Å². The number of hydrogen-bond donors (Lipinski definition) is 0. The number of rotatable bonds is 5. The van der Waals surface area contributed by atoms with Gasteiger partial charge in [0.1, 0.15) is 11.6 Å². The fraction of sp³-hybridized carbons (Fsp3) is 0.136. The summed E-state index contributed by atoms with van der Waals surface area (Å²) in [5, 5.41) is 4.45. The van der Waals surface area contributed by atoms with Crippen LogP contribution in [0.25, 0.3) is 0 Å². The molecule has 0 saturated carbocycles. The number of halogens is 1. The number of benzene rings is 3. The predicted molar refractivity (Wildman–Crippen MR) is 109 cm³/mol. The highest BCUT2D eigenvalue weighted by molar-refractivity contribution is 7.89. The minimum absolute atomic E-state index is 0.136. The molecule has 1 aliphatic rings. The predicted octanol–water partition coefficient (Wildman–Crippen LogP) is 4.37. The van der Waals surface area contributed by atoms with E-state index in [1.165, 1.54) is 24.3 Å². The second-order valence-electron chi connectivity index (χ2n) is 6.64. The van der Waals surface area contributed by atoms with Crippen molar-refractivity contribution in [1.29, 1.82) is 0 Å². The Morgan fingerprint density at radius 1 is 1.00 bits per heavy atom. The summed E-state index contributed by atoms with van der Waals surface area (Å²) in [5.41, 5.74) is 1.90. The lowest BCUT2D eigenvalue weighted by molar-refractivity contribution is 0.370. The summed E-state index contributed by atoms with van der Waals surface area (Å²) in [5.74, 6) is 0.228. The molecule has 5 nitrogen and oxygen atoms in total. The van der Waals surface area contributed by atoms with Crippen molar-refractivity contribution in [2.45, 2.75) is 17.4 Å². The highest BCUT2D eigenvalue weighted by Crippen LogP contribution is 2.37. The summed E-state index contributed by atoms with van der Waals surface area (Å²) in [6, 6.07) is 20.7. The fourth-order valence-corrected chi connectivity index (χ4v) is 4.80. The van der Waals surface area contributed by atoms with Gasteiger partial charge >= 0.3 is 0 Å². The van der Waals surface area contributed by atoms with Gasteiger partial charge in [0.2, 0.25) is 0 Å². The summed E-state index contributed by atoms with van der Waals surface area (Å²) < 4.78 is 46.8. The molecule has 29 heavy (non-hydrogen) atoms. The van der Waals surface area contributed by atoms with Crippen molar-refractivity contribution < 1.29 is 17.5 Å². The molecule has 3 aromatic rings. The highest BCUT2D eigenvalue weighted by atomic mass is 32.2. The first-order chi connectivity index (χ1) is 14.0.